The topological polar surface area (TPSA) is 51.2 Å². The van der Waals surface area contributed by atoms with E-state index in [-0.39, 0.29) is 28.7 Å². The Labute approximate surface area is 131 Å². The summed E-state index contributed by atoms with van der Waals surface area (Å²) in [6.45, 7) is 4.35. The van der Waals surface area contributed by atoms with Gasteiger partial charge in [0.15, 0.2) is 11.6 Å². The molecule has 0 aromatic rings. The molecule has 5 atom stereocenters. The normalized spacial score (nSPS) is 47.6. The Hall–Kier alpha value is -1.25. The lowest BCUT2D eigenvalue weighted by Crippen LogP contribution is -2.50. The average Bonchev–Trinajstić information content (AvgIpc) is 2.72. The predicted molar refractivity (Wildman–Crippen MR) is 82.1 cm³/mol. The molecule has 4 rings (SSSR count). The van der Waals surface area contributed by atoms with Gasteiger partial charge >= 0.3 is 0 Å². The Morgan fingerprint density at radius 3 is 2.50 bits per heavy atom. The number of fused-ring (bicyclic) bond motifs is 5. The largest absolute Gasteiger partial charge is 0.295 e. The Kier molecular flexibility index (Phi) is 2.87. The van der Waals surface area contributed by atoms with Crippen LogP contribution in [0.15, 0.2) is 11.6 Å². The fourth-order valence-electron chi connectivity index (χ4n) is 6.15. The molecule has 0 heterocycles. The summed E-state index contributed by atoms with van der Waals surface area (Å²) in [5.74, 6) is 1.28. The minimum atomic E-state index is -0.402. The summed E-state index contributed by atoms with van der Waals surface area (Å²) in [5.41, 5.74) is 1.05. The lowest BCUT2D eigenvalue weighted by molar-refractivity contribution is -0.140. The fourth-order valence-corrected chi connectivity index (χ4v) is 6.15. The maximum Gasteiger partial charge on any atom is 0.204 e. The summed E-state index contributed by atoms with van der Waals surface area (Å²) >= 11 is 0. The first-order valence-electron chi connectivity index (χ1n) is 8.68. The van der Waals surface area contributed by atoms with Crippen LogP contribution in [0.1, 0.15) is 58.8 Å². The molecule has 3 saturated carbocycles. The van der Waals surface area contributed by atoms with E-state index in [2.05, 4.69) is 6.92 Å². The van der Waals surface area contributed by atoms with Gasteiger partial charge in [-0.2, -0.15) is 0 Å². The highest BCUT2D eigenvalue weighted by atomic mass is 16.2. The minimum Gasteiger partial charge on any atom is -0.295 e. The maximum absolute atomic E-state index is 12.3. The smallest absolute Gasteiger partial charge is 0.204 e. The van der Waals surface area contributed by atoms with E-state index < -0.39 is 5.41 Å². The first kappa shape index (κ1) is 14.3. The van der Waals surface area contributed by atoms with Crippen molar-refractivity contribution in [2.24, 2.45) is 28.6 Å². The summed E-state index contributed by atoms with van der Waals surface area (Å²) < 4.78 is 0. The molecule has 4 aliphatic carbocycles. The molecule has 0 bridgehead atoms. The first-order chi connectivity index (χ1) is 10.4. The van der Waals surface area contributed by atoms with Crippen LogP contribution in [0.3, 0.4) is 0 Å². The Morgan fingerprint density at radius 2 is 1.73 bits per heavy atom. The maximum atomic E-state index is 12.3. The van der Waals surface area contributed by atoms with Crippen LogP contribution < -0.4 is 0 Å². The van der Waals surface area contributed by atoms with Crippen molar-refractivity contribution in [2.45, 2.75) is 58.8 Å². The molecule has 3 heteroatoms. The van der Waals surface area contributed by atoms with Gasteiger partial charge in [0.2, 0.25) is 5.78 Å². The molecule has 22 heavy (non-hydrogen) atoms. The second-order valence-corrected chi connectivity index (χ2v) is 8.38. The van der Waals surface area contributed by atoms with Crippen molar-refractivity contribution < 1.29 is 14.4 Å². The zero-order valence-corrected chi connectivity index (χ0v) is 13.5. The molecule has 0 radical (unpaired) electrons. The average molecular weight is 300 g/mol. The van der Waals surface area contributed by atoms with Crippen LogP contribution in [0.5, 0.6) is 0 Å². The van der Waals surface area contributed by atoms with Crippen molar-refractivity contribution in [1.29, 1.82) is 0 Å². The van der Waals surface area contributed by atoms with Gasteiger partial charge < -0.3 is 0 Å². The third kappa shape index (κ3) is 1.65. The number of Topliss-reactive ketones (excluding diaryl/α,β-unsaturated/α-hetero) is 2. The number of hydrogen-bond acceptors (Lipinski definition) is 3. The van der Waals surface area contributed by atoms with Crippen LogP contribution in [0.25, 0.3) is 0 Å². The third-order valence-electron chi connectivity index (χ3n) is 7.53. The van der Waals surface area contributed by atoms with E-state index in [1.165, 1.54) is 5.57 Å². The first-order valence-corrected chi connectivity index (χ1v) is 8.68. The van der Waals surface area contributed by atoms with E-state index in [0.717, 1.165) is 32.1 Å². The van der Waals surface area contributed by atoms with E-state index in [9.17, 15) is 14.4 Å². The van der Waals surface area contributed by atoms with Gasteiger partial charge in [-0.25, -0.2) is 0 Å². The van der Waals surface area contributed by atoms with E-state index in [1.807, 2.05) is 13.0 Å². The van der Waals surface area contributed by atoms with Gasteiger partial charge in [-0.15, -0.1) is 0 Å². The molecule has 3 fully saturated rings. The van der Waals surface area contributed by atoms with Gasteiger partial charge in [-0.3, -0.25) is 14.4 Å². The lowest BCUT2D eigenvalue weighted by Gasteiger charge is -2.56. The highest BCUT2D eigenvalue weighted by molar-refractivity contribution is 6.41. The second kappa shape index (κ2) is 4.39. The quantitative estimate of drug-likeness (QED) is 0.645. The van der Waals surface area contributed by atoms with Crippen LogP contribution in [0.4, 0.5) is 0 Å². The van der Waals surface area contributed by atoms with Gasteiger partial charge in [0.25, 0.3) is 0 Å². The molecule has 0 saturated heterocycles. The van der Waals surface area contributed by atoms with Crippen molar-refractivity contribution in [3.8, 4) is 0 Å². The molecule has 0 aromatic carbocycles. The van der Waals surface area contributed by atoms with Crippen molar-refractivity contribution in [3.63, 3.8) is 0 Å². The van der Waals surface area contributed by atoms with E-state index in [0.29, 0.717) is 24.7 Å². The number of rotatable bonds is 0. The number of allylic oxidation sites excluding steroid dienone is 1. The zero-order chi connectivity index (χ0) is 15.7. The second-order valence-electron chi connectivity index (χ2n) is 8.38. The van der Waals surface area contributed by atoms with Crippen molar-refractivity contribution >= 4 is 17.3 Å². The SMILES string of the molecule is C[C@]12CCC(=O)C=C1CC[C@@H]1[C@H]2CC[C@]2(C)C(=O)C(=O)C[C@@H]12. The molecular weight excluding hydrogens is 276 g/mol. The van der Waals surface area contributed by atoms with Gasteiger partial charge in [0, 0.05) is 18.3 Å². The Balaban J connectivity index is 1.72. The van der Waals surface area contributed by atoms with Crippen LogP contribution in [0.2, 0.25) is 0 Å². The van der Waals surface area contributed by atoms with Crippen molar-refractivity contribution in [1.82, 2.24) is 0 Å². The fraction of sp³-hybridized carbons (Fsp3) is 0.737. The standard InChI is InChI=1S/C19H24O3/c1-18-7-5-12(20)9-11(18)3-4-13-14(18)6-8-19(2)15(13)10-16(21)17(19)22/h9,13-15H,3-8,10H2,1-2H3/t13-,14-,15+,18+,19+/m1/s1. The molecular formula is C19H24O3. The molecule has 0 aromatic heterocycles. The van der Waals surface area contributed by atoms with E-state index >= 15 is 0 Å². The molecule has 3 nitrogen and oxygen atoms in total. The summed E-state index contributed by atoms with van der Waals surface area (Å²) in [7, 11) is 0. The monoisotopic (exact) mass is 300 g/mol. The molecule has 4 aliphatic rings. The zero-order valence-electron chi connectivity index (χ0n) is 13.5. The molecule has 0 aliphatic heterocycles. The molecule has 0 unspecified atom stereocenters. The third-order valence-corrected chi connectivity index (χ3v) is 7.53. The number of carbonyl (C=O) groups excluding carboxylic acids is 3. The summed E-state index contributed by atoms with van der Waals surface area (Å²) in [5, 5.41) is 0. The minimum absolute atomic E-state index is 0.110. The highest BCUT2D eigenvalue weighted by Gasteiger charge is 2.61. The predicted octanol–water partition coefficient (Wildman–Crippen LogP) is 3.27. The van der Waals surface area contributed by atoms with Gasteiger partial charge in [-0.05, 0) is 61.3 Å². The lowest BCUT2D eigenvalue weighted by atomic mass is 9.47. The molecule has 0 spiro atoms. The van der Waals surface area contributed by atoms with Crippen molar-refractivity contribution in [3.05, 3.63) is 11.6 Å². The summed E-state index contributed by atoms with van der Waals surface area (Å²) in [6.07, 6.45) is 7.85. The van der Waals surface area contributed by atoms with Gasteiger partial charge in [-0.1, -0.05) is 19.4 Å². The molecule has 118 valence electrons. The molecule has 0 amide bonds. The van der Waals surface area contributed by atoms with E-state index in [4.69, 9.17) is 0 Å². The summed E-state index contributed by atoms with van der Waals surface area (Å²) in [6, 6.07) is 0. The number of ketones is 3. The van der Waals surface area contributed by atoms with Crippen LogP contribution >= 0.6 is 0 Å². The van der Waals surface area contributed by atoms with Gasteiger partial charge in [0.1, 0.15) is 0 Å². The highest BCUT2D eigenvalue weighted by Crippen LogP contribution is 2.63. The Bertz CT molecular complexity index is 616. The van der Waals surface area contributed by atoms with E-state index in [1.54, 1.807) is 0 Å². The number of hydrogen-bond donors (Lipinski definition) is 0. The van der Waals surface area contributed by atoms with Crippen molar-refractivity contribution in [2.75, 3.05) is 0 Å². The number of carbonyl (C=O) groups is 3. The Morgan fingerprint density at radius 1 is 0.955 bits per heavy atom. The summed E-state index contributed by atoms with van der Waals surface area (Å²) in [4.78, 5) is 36.1. The van der Waals surface area contributed by atoms with Gasteiger partial charge in [0.05, 0.1) is 0 Å². The van der Waals surface area contributed by atoms with Crippen LogP contribution in [-0.2, 0) is 14.4 Å². The van der Waals surface area contributed by atoms with Crippen LogP contribution in [0, 0.1) is 28.6 Å². The molecule has 0 N–H and O–H groups in total. The van der Waals surface area contributed by atoms with Crippen LogP contribution in [-0.4, -0.2) is 17.3 Å².